The Bertz CT molecular complexity index is 1130. The van der Waals surface area contributed by atoms with E-state index in [1.165, 1.54) is 7.11 Å². The zero-order valence-corrected chi connectivity index (χ0v) is 22.2. The van der Waals surface area contributed by atoms with Crippen LogP contribution in [0.2, 0.25) is 0 Å². The average molecular weight is 527 g/mol. The number of carbonyl (C=O) groups is 4. The molecule has 4 N–H and O–H groups in total. The molecule has 0 radical (unpaired) electrons. The Morgan fingerprint density at radius 1 is 1.16 bits per heavy atom. The molecule has 2 aromatic rings. The third kappa shape index (κ3) is 8.00. The standard InChI is InChI=1S/C28H38N4O6/c1-4-18(2)14-24(31-27(35)22-12-13-25(33)29-22)32(16-26(34)30-23(17-38-3)28(36)37)15-20-10-7-9-19-8-5-6-11-21(19)20/h5-11,18,22-24H,4,12-17H2,1-3H3,(H,29,33)(H,30,34)(H,31,35)(H,36,37)/t18-,22-,23-,24?/m0/s1. The van der Waals surface area contributed by atoms with Gasteiger partial charge in [-0.25, -0.2) is 4.79 Å². The maximum Gasteiger partial charge on any atom is 0.328 e. The van der Waals surface area contributed by atoms with E-state index in [1.54, 1.807) is 0 Å². The molecule has 1 aliphatic rings. The van der Waals surface area contributed by atoms with Gasteiger partial charge in [-0.05, 0) is 35.1 Å². The van der Waals surface area contributed by atoms with Crippen molar-refractivity contribution >= 4 is 34.5 Å². The Labute approximate surface area is 223 Å². The van der Waals surface area contributed by atoms with Crippen LogP contribution in [0.25, 0.3) is 10.8 Å². The number of carboxylic acids is 1. The van der Waals surface area contributed by atoms with Crippen molar-refractivity contribution in [2.75, 3.05) is 20.3 Å². The Hall–Kier alpha value is -3.50. The molecular weight excluding hydrogens is 488 g/mol. The normalized spacial score (nSPS) is 17.6. The first-order valence-corrected chi connectivity index (χ1v) is 13.0. The smallest absolute Gasteiger partial charge is 0.328 e. The monoisotopic (exact) mass is 526 g/mol. The van der Waals surface area contributed by atoms with Crippen molar-refractivity contribution in [1.29, 1.82) is 0 Å². The summed E-state index contributed by atoms with van der Waals surface area (Å²) in [6.45, 7) is 4.17. The summed E-state index contributed by atoms with van der Waals surface area (Å²) >= 11 is 0. The molecule has 0 bridgehead atoms. The number of benzene rings is 2. The Morgan fingerprint density at radius 3 is 2.55 bits per heavy atom. The highest BCUT2D eigenvalue weighted by Crippen LogP contribution is 2.23. The molecule has 3 amide bonds. The molecule has 0 aliphatic carbocycles. The van der Waals surface area contributed by atoms with Gasteiger partial charge in [-0.1, -0.05) is 62.7 Å². The van der Waals surface area contributed by atoms with E-state index in [0.717, 1.165) is 22.8 Å². The fourth-order valence-electron chi connectivity index (χ4n) is 4.61. The van der Waals surface area contributed by atoms with Crippen LogP contribution in [0.4, 0.5) is 0 Å². The van der Waals surface area contributed by atoms with Gasteiger partial charge in [0.15, 0.2) is 6.04 Å². The lowest BCUT2D eigenvalue weighted by atomic mass is 10.00. The topological polar surface area (TPSA) is 137 Å². The summed E-state index contributed by atoms with van der Waals surface area (Å²) in [6.07, 6.45) is 1.64. The SMILES string of the molecule is CC[C@H](C)CC(NC(=O)[C@@H]1CCC(=O)N1)N(CC(=O)N[C@@H](COC)C(=O)O)Cc1cccc2ccccc12. The molecule has 0 spiro atoms. The number of fused-ring (bicyclic) bond motifs is 1. The van der Waals surface area contributed by atoms with Gasteiger partial charge in [0, 0.05) is 20.1 Å². The summed E-state index contributed by atoms with van der Waals surface area (Å²) in [4.78, 5) is 51.4. The molecule has 38 heavy (non-hydrogen) atoms. The van der Waals surface area contributed by atoms with Crippen LogP contribution in [0.15, 0.2) is 42.5 Å². The third-order valence-corrected chi connectivity index (χ3v) is 6.95. The van der Waals surface area contributed by atoms with Crippen molar-refractivity contribution < 1.29 is 29.0 Å². The second-order valence-electron chi connectivity index (χ2n) is 9.89. The van der Waals surface area contributed by atoms with E-state index in [9.17, 15) is 24.3 Å². The first-order chi connectivity index (χ1) is 18.2. The van der Waals surface area contributed by atoms with E-state index in [0.29, 0.717) is 25.8 Å². The molecule has 4 atom stereocenters. The fourth-order valence-corrected chi connectivity index (χ4v) is 4.61. The zero-order valence-electron chi connectivity index (χ0n) is 22.2. The van der Waals surface area contributed by atoms with Crippen LogP contribution >= 0.6 is 0 Å². The van der Waals surface area contributed by atoms with E-state index in [2.05, 4.69) is 29.8 Å². The molecule has 0 aromatic heterocycles. The van der Waals surface area contributed by atoms with Crippen LogP contribution in [-0.4, -0.2) is 72.2 Å². The van der Waals surface area contributed by atoms with Crippen LogP contribution in [0.1, 0.15) is 45.1 Å². The molecule has 0 saturated carbocycles. The molecule has 1 fully saturated rings. The summed E-state index contributed by atoms with van der Waals surface area (Å²) in [5, 5.41) is 19.9. The summed E-state index contributed by atoms with van der Waals surface area (Å²) < 4.78 is 4.95. The van der Waals surface area contributed by atoms with Crippen LogP contribution in [-0.2, 0) is 30.5 Å². The number of rotatable bonds is 14. The van der Waals surface area contributed by atoms with Crippen molar-refractivity contribution in [1.82, 2.24) is 20.9 Å². The van der Waals surface area contributed by atoms with Gasteiger partial charge >= 0.3 is 5.97 Å². The molecule has 1 saturated heterocycles. The number of ether oxygens (including phenoxy) is 1. The summed E-state index contributed by atoms with van der Waals surface area (Å²) in [6, 6.07) is 12.1. The van der Waals surface area contributed by atoms with Gasteiger partial charge in [0.1, 0.15) is 6.04 Å². The van der Waals surface area contributed by atoms with Crippen molar-refractivity contribution in [2.24, 2.45) is 5.92 Å². The summed E-state index contributed by atoms with van der Waals surface area (Å²) in [5.41, 5.74) is 0.972. The van der Waals surface area contributed by atoms with Gasteiger partial charge < -0.3 is 25.8 Å². The predicted molar refractivity (Wildman–Crippen MR) is 143 cm³/mol. The first-order valence-electron chi connectivity index (χ1n) is 13.0. The largest absolute Gasteiger partial charge is 0.480 e. The Balaban J connectivity index is 1.91. The van der Waals surface area contributed by atoms with Gasteiger partial charge in [0.25, 0.3) is 0 Å². The van der Waals surface area contributed by atoms with E-state index < -0.39 is 30.1 Å². The van der Waals surface area contributed by atoms with Crippen LogP contribution in [0.3, 0.4) is 0 Å². The highest BCUT2D eigenvalue weighted by atomic mass is 16.5. The lowest BCUT2D eigenvalue weighted by Gasteiger charge is -2.34. The molecule has 10 heteroatoms. The molecule has 3 rings (SSSR count). The molecule has 1 unspecified atom stereocenters. The quantitative estimate of drug-likeness (QED) is 0.276. The van der Waals surface area contributed by atoms with Crippen LogP contribution in [0, 0.1) is 5.92 Å². The van der Waals surface area contributed by atoms with Gasteiger partial charge in [-0.2, -0.15) is 0 Å². The van der Waals surface area contributed by atoms with Crippen molar-refractivity contribution in [3.63, 3.8) is 0 Å². The number of nitrogens with zero attached hydrogens (tertiary/aromatic N) is 1. The van der Waals surface area contributed by atoms with Gasteiger partial charge in [0.2, 0.25) is 17.7 Å². The minimum Gasteiger partial charge on any atom is -0.480 e. The van der Waals surface area contributed by atoms with Crippen molar-refractivity contribution in [3.8, 4) is 0 Å². The molecule has 1 aliphatic heterocycles. The molecule has 2 aromatic carbocycles. The maximum absolute atomic E-state index is 13.1. The minimum atomic E-state index is -1.19. The molecular formula is C28H38N4O6. The lowest BCUT2D eigenvalue weighted by molar-refractivity contribution is -0.143. The van der Waals surface area contributed by atoms with E-state index in [1.807, 2.05) is 47.4 Å². The van der Waals surface area contributed by atoms with Crippen LogP contribution in [0.5, 0.6) is 0 Å². The van der Waals surface area contributed by atoms with E-state index >= 15 is 0 Å². The fraction of sp³-hybridized carbons (Fsp3) is 0.500. The number of amides is 3. The molecule has 1 heterocycles. The van der Waals surface area contributed by atoms with Crippen LogP contribution < -0.4 is 16.0 Å². The number of nitrogens with one attached hydrogen (secondary N) is 3. The second kappa shape index (κ2) is 13.9. The molecule has 10 nitrogen and oxygen atoms in total. The highest BCUT2D eigenvalue weighted by molar-refractivity contribution is 5.91. The lowest BCUT2D eigenvalue weighted by Crippen LogP contribution is -2.56. The first kappa shape index (κ1) is 29.1. The van der Waals surface area contributed by atoms with Gasteiger partial charge in [0.05, 0.1) is 19.3 Å². The number of hydrogen-bond acceptors (Lipinski definition) is 6. The van der Waals surface area contributed by atoms with Gasteiger partial charge in [-0.3, -0.25) is 19.3 Å². The maximum atomic E-state index is 13.1. The average Bonchev–Trinajstić information content (AvgIpc) is 3.34. The number of methoxy groups -OCH3 is 1. The van der Waals surface area contributed by atoms with Crippen molar-refractivity contribution in [3.05, 3.63) is 48.0 Å². The Morgan fingerprint density at radius 2 is 1.89 bits per heavy atom. The number of carboxylic acid groups (broad SMARTS) is 1. The van der Waals surface area contributed by atoms with E-state index in [4.69, 9.17) is 4.74 Å². The minimum absolute atomic E-state index is 0.144. The summed E-state index contributed by atoms with van der Waals surface area (Å²) in [7, 11) is 1.37. The predicted octanol–water partition coefficient (Wildman–Crippen LogP) is 2.01. The third-order valence-electron chi connectivity index (χ3n) is 6.95. The van der Waals surface area contributed by atoms with E-state index in [-0.39, 0.29) is 30.9 Å². The number of hydrogen-bond donors (Lipinski definition) is 4. The number of carbonyl (C=O) groups excluding carboxylic acids is 3. The van der Waals surface area contributed by atoms with Crippen molar-refractivity contribution in [2.45, 2.75) is 64.3 Å². The number of aliphatic carboxylic acids is 1. The van der Waals surface area contributed by atoms with Gasteiger partial charge in [-0.15, -0.1) is 0 Å². The molecule has 206 valence electrons. The Kier molecular flexibility index (Phi) is 10.6. The second-order valence-corrected chi connectivity index (χ2v) is 9.89. The summed E-state index contributed by atoms with van der Waals surface area (Å²) in [5.74, 6) is -1.91. The zero-order chi connectivity index (χ0) is 27.7. The highest BCUT2D eigenvalue weighted by Gasteiger charge is 2.32.